The molecule has 0 amide bonds. The van der Waals surface area contributed by atoms with Gasteiger partial charge in [0.2, 0.25) is 0 Å². The number of halogens is 1. The first kappa shape index (κ1) is 14.7. The summed E-state index contributed by atoms with van der Waals surface area (Å²) in [6, 6.07) is 12.6. The average Bonchev–Trinajstić information content (AvgIpc) is 2.52. The van der Waals surface area contributed by atoms with E-state index in [1.807, 2.05) is 0 Å². The van der Waals surface area contributed by atoms with Crippen LogP contribution in [0.5, 0.6) is 11.5 Å². The van der Waals surface area contributed by atoms with E-state index < -0.39 is 6.04 Å². The number of nitrogens with one attached hydrogen (secondary N) is 1. The van der Waals surface area contributed by atoms with Crippen LogP contribution in [-0.4, -0.2) is 14.2 Å². The van der Waals surface area contributed by atoms with Crippen LogP contribution in [0.2, 0.25) is 0 Å². The fourth-order valence-corrected chi connectivity index (χ4v) is 1.98. The van der Waals surface area contributed by atoms with Crippen molar-refractivity contribution in [3.05, 3.63) is 53.8 Å². The summed E-state index contributed by atoms with van der Waals surface area (Å²) in [5.41, 5.74) is 1.18. The van der Waals surface area contributed by atoms with E-state index in [0.717, 1.165) is 0 Å². The maximum absolute atomic E-state index is 13.2. The summed E-state index contributed by atoms with van der Waals surface area (Å²) in [6.07, 6.45) is 0. The van der Waals surface area contributed by atoms with Gasteiger partial charge < -0.3 is 14.8 Å². The molecule has 5 heteroatoms. The molecule has 0 saturated heterocycles. The molecular weight excluding hydrogens is 271 g/mol. The Bertz CT molecular complexity index is 668. The van der Waals surface area contributed by atoms with Crippen LogP contribution in [0.25, 0.3) is 0 Å². The molecule has 108 valence electrons. The Kier molecular flexibility index (Phi) is 4.62. The van der Waals surface area contributed by atoms with Crippen molar-refractivity contribution in [3.63, 3.8) is 0 Å². The normalized spacial score (nSPS) is 11.3. The molecule has 2 aromatic rings. The molecule has 0 radical (unpaired) electrons. The lowest BCUT2D eigenvalue weighted by molar-refractivity contribution is 0.390. The number of anilines is 1. The fourth-order valence-electron chi connectivity index (χ4n) is 1.98. The van der Waals surface area contributed by atoms with Crippen LogP contribution in [-0.2, 0) is 0 Å². The third-order valence-electron chi connectivity index (χ3n) is 3.02. The van der Waals surface area contributed by atoms with E-state index in [1.54, 1.807) is 37.4 Å². The molecule has 0 aliphatic carbocycles. The molecule has 0 bridgehead atoms. The van der Waals surface area contributed by atoms with E-state index in [2.05, 4.69) is 11.4 Å². The first-order valence-electron chi connectivity index (χ1n) is 6.31. The number of rotatable bonds is 5. The monoisotopic (exact) mass is 286 g/mol. The van der Waals surface area contributed by atoms with E-state index in [-0.39, 0.29) is 5.82 Å². The standard InChI is InChI=1S/C16H15FN2O2/c1-20-13-6-7-14(16(9-13)21-2)15(10-18)19-12-5-3-4-11(17)8-12/h3-9,15,19H,1-2H3. The van der Waals surface area contributed by atoms with E-state index in [9.17, 15) is 9.65 Å². The van der Waals surface area contributed by atoms with Gasteiger partial charge >= 0.3 is 0 Å². The molecule has 21 heavy (non-hydrogen) atoms. The third-order valence-corrected chi connectivity index (χ3v) is 3.02. The Morgan fingerprint density at radius 1 is 1.14 bits per heavy atom. The molecule has 0 aromatic heterocycles. The Labute approximate surface area is 122 Å². The summed E-state index contributed by atoms with van der Waals surface area (Å²) < 4.78 is 23.6. The van der Waals surface area contributed by atoms with Crippen molar-refractivity contribution in [1.29, 1.82) is 5.26 Å². The number of hydrogen-bond acceptors (Lipinski definition) is 4. The third kappa shape index (κ3) is 3.42. The second kappa shape index (κ2) is 6.62. The quantitative estimate of drug-likeness (QED) is 0.913. The summed E-state index contributed by atoms with van der Waals surface area (Å²) in [4.78, 5) is 0. The largest absolute Gasteiger partial charge is 0.497 e. The Morgan fingerprint density at radius 2 is 1.95 bits per heavy atom. The highest BCUT2D eigenvalue weighted by atomic mass is 19.1. The predicted octanol–water partition coefficient (Wildman–Crippen LogP) is 3.52. The van der Waals surface area contributed by atoms with Crippen LogP contribution in [0.15, 0.2) is 42.5 Å². The summed E-state index contributed by atoms with van der Waals surface area (Å²) >= 11 is 0. The van der Waals surface area contributed by atoms with E-state index in [1.165, 1.54) is 19.2 Å². The first-order chi connectivity index (χ1) is 10.2. The highest BCUT2D eigenvalue weighted by molar-refractivity contribution is 5.52. The summed E-state index contributed by atoms with van der Waals surface area (Å²) in [5.74, 6) is 0.807. The van der Waals surface area contributed by atoms with Crippen LogP contribution in [0.1, 0.15) is 11.6 Å². The second-order valence-corrected chi connectivity index (χ2v) is 4.32. The molecule has 1 unspecified atom stereocenters. The zero-order valence-corrected chi connectivity index (χ0v) is 11.8. The lowest BCUT2D eigenvalue weighted by atomic mass is 10.1. The van der Waals surface area contributed by atoms with Crippen molar-refractivity contribution in [3.8, 4) is 17.6 Å². The highest BCUT2D eigenvalue weighted by Crippen LogP contribution is 2.31. The number of nitrogens with zero attached hydrogens (tertiary/aromatic N) is 1. The van der Waals surface area contributed by atoms with E-state index >= 15 is 0 Å². The molecule has 0 aliphatic heterocycles. The molecule has 1 N–H and O–H groups in total. The smallest absolute Gasteiger partial charge is 0.143 e. The number of methoxy groups -OCH3 is 2. The molecule has 0 heterocycles. The summed E-state index contributed by atoms with van der Waals surface area (Å²) in [6.45, 7) is 0. The molecule has 0 aliphatic rings. The van der Waals surface area contributed by atoms with Gasteiger partial charge in [-0.2, -0.15) is 5.26 Å². The molecule has 0 spiro atoms. The Hall–Kier alpha value is -2.74. The molecular formula is C16H15FN2O2. The lowest BCUT2D eigenvalue weighted by Crippen LogP contribution is -2.10. The molecule has 1 atom stereocenters. The molecule has 2 aromatic carbocycles. The Balaban J connectivity index is 2.31. The minimum Gasteiger partial charge on any atom is -0.497 e. The Morgan fingerprint density at radius 3 is 2.57 bits per heavy atom. The lowest BCUT2D eigenvalue weighted by Gasteiger charge is -2.17. The number of hydrogen-bond donors (Lipinski definition) is 1. The number of benzene rings is 2. The van der Waals surface area contributed by atoms with Crippen LogP contribution in [0, 0.1) is 17.1 Å². The van der Waals surface area contributed by atoms with Gasteiger partial charge in [-0.05, 0) is 30.3 Å². The van der Waals surface area contributed by atoms with Gasteiger partial charge in [-0.25, -0.2) is 4.39 Å². The topological polar surface area (TPSA) is 54.3 Å². The van der Waals surface area contributed by atoms with Gasteiger partial charge in [0.25, 0.3) is 0 Å². The van der Waals surface area contributed by atoms with Crippen molar-refractivity contribution in [1.82, 2.24) is 0 Å². The minimum absolute atomic E-state index is 0.363. The first-order valence-corrected chi connectivity index (χ1v) is 6.31. The molecule has 0 fully saturated rings. The maximum atomic E-state index is 13.2. The van der Waals surface area contributed by atoms with Gasteiger partial charge in [-0.15, -0.1) is 0 Å². The predicted molar refractivity (Wildman–Crippen MR) is 77.9 cm³/mol. The van der Waals surface area contributed by atoms with Crippen molar-refractivity contribution in [2.75, 3.05) is 19.5 Å². The molecule has 2 rings (SSSR count). The van der Waals surface area contributed by atoms with Crippen LogP contribution >= 0.6 is 0 Å². The minimum atomic E-state index is -0.660. The van der Waals surface area contributed by atoms with E-state index in [0.29, 0.717) is 22.7 Å². The average molecular weight is 286 g/mol. The van der Waals surface area contributed by atoms with E-state index in [4.69, 9.17) is 9.47 Å². The number of nitriles is 1. The van der Waals surface area contributed by atoms with Crippen molar-refractivity contribution in [2.24, 2.45) is 0 Å². The maximum Gasteiger partial charge on any atom is 0.143 e. The van der Waals surface area contributed by atoms with Crippen molar-refractivity contribution < 1.29 is 13.9 Å². The molecule has 4 nitrogen and oxygen atoms in total. The zero-order valence-electron chi connectivity index (χ0n) is 11.8. The highest BCUT2D eigenvalue weighted by Gasteiger charge is 2.16. The van der Waals surface area contributed by atoms with Gasteiger partial charge in [-0.1, -0.05) is 6.07 Å². The van der Waals surface area contributed by atoms with Crippen LogP contribution < -0.4 is 14.8 Å². The van der Waals surface area contributed by atoms with Gasteiger partial charge in [0.05, 0.1) is 20.3 Å². The van der Waals surface area contributed by atoms with Crippen LogP contribution in [0.3, 0.4) is 0 Å². The SMILES string of the molecule is COc1ccc(C(C#N)Nc2cccc(F)c2)c(OC)c1. The summed E-state index contributed by atoms with van der Waals surface area (Å²) in [5, 5.41) is 12.3. The zero-order chi connectivity index (χ0) is 15.2. The van der Waals surface area contributed by atoms with Gasteiger partial charge in [0.1, 0.15) is 23.4 Å². The van der Waals surface area contributed by atoms with Gasteiger partial charge in [0, 0.05) is 17.3 Å². The van der Waals surface area contributed by atoms with Crippen molar-refractivity contribution >= 4 is 5.69 Å². The second-order valence-electron chi connectivity index (χ2n) is 4.32. The van der Waals surface area contributed by atoms with Crippen molar-refractivity contribution in [2.45, 2.75) is 6.04 Å². The number of ether oxygens (including phenoxy) is 2. The fraction of sp³-hybridized carbons (Fsp3) is 0.188. The van der Waals surface area contributed by atoms with Gasteiger partial charge in [0.15, 0.2) is 0 Å². The summed E-state index contributed by atoms with van der Waals surface area (Å²) in [7, 11) is 3.08. The van der Waals surface area contributed by atoms with Gasteiger partial charge in [-0.3, -0.25) is 0 Å². The molecule has 0 saturated carbocycles. The van der Waals surface area contributed by atoms with Crippen LogP contribution in [0.4, 0.5) is 10.1 Å².